The van der Waals surface area contributed by atoms with Crippen molar-refractivity contribution in [3.8, 4) is 0 Å². The first-order valence-electron chi connectivity index (χ1n) is 5.93. The third kappa shape index (κ3) is 4.05. The van der Waals surface area contributed by atoms with Crippen LogP contribution in [-0.4, -0.2) is 19.5 Å². The summed E-state index contributed by atoms with van der Waals surface area (Å²) in [6.45, 7) is 1.35. The van der Waals surface area contributed by atoms with Gasteiger partial charge in [0, 0.05) is 11.1 Å². The second-order valence-corrected chi connectivity index (χ2v) is 5.01. The minimum Gasteiger partial charge on any atom is -0.353 e. The van der Waals surface area contributed by atoms with Crippen LogP contribution in [-0.2, 0) is 15.9 Å². The molecule has 4 heteroatoms. The Hall–Kier alpha value is -0.450. The van der Waals surface area contributed by atoms with Gasteiger partial charge in [0.15, 0.2) is 6.29 Å². The average Bonchev–Trinajstić information content (AvgIpc) is 2.35. The second-order valence-electron chi connectivity index (χ2n) is 4.15. The van der Waals surface area contributed by atoms with E-state index in [0.717, 1.165) is 35.9 Å². The summed E-state index contributed by atoms with van der Waals surface area (Å²) in [6.07, 6.45) is 3.86. The minimum atomic E-state index is -0.211. The van der Waals surface area contributed by atoms with Crippen LogP contribution in [0.5, 0.6) is 0 Å². The Morgan fingerprint density at radius 1 is 1.41 bits per heavy atom. The molecule has 1 heterocycles. The van der Waals surface area contributed by atoms with Crippen LogP contribution in [0.15, 0.2) is 22.7 Å². The molecule has 2 rings (SSSR count). The largest absolute Gasteiger partial charge is 0.353 e. The van der Waals surface area contributed by atoms with Gasteiger partial charge in [-0.05, 0) is 49.4 Å². The molecular weight excluding hydrogens is 287 g/mol. The Morgan fingerprint density at radius 2 is 2.29 bits per heavy atom. The summed E-state index contributed by atoms with van der Waals surface area (Å²) in [4.78, 5) is 0. The Bertz CT molecular complexity index is 364. The Morgan fingerprint density at radius 3 is 3.06 bits per heavy atom. The lowest BCUT2D eigenvalue weighted by atomic mass is 10.1. The summed E-state index contributed by atoms with van der Waals surface area (Å²) >= 11 is 3.40. The highest BCUT2D eigenvalue weighted by Crippen LogP contribution is 2.19. The molecule has 0 N–H and O–H groups in total. The zero-order chi connectivity index (χ0) is 12.1. The average molecular weight is 303 g/mol. The molecule has 0 aromatic heterocycles. The zero-order valence-electron chi connectivity index (χ0n) is 9.62. The molecule has 1 saturated heterocycles. The van der Waals surface area contributed by atoms with Crippen molar-refractivity contribution >= 4 is 15.9 Å². The van der Waals surface area contributed by atoms with Crippen molar-refractivity contribution in [1.82, 2.24) is 0 Å². The molecular formula is C13H16BrFO2. The van der Waals surface area contributed by atoms with Crippen LogP contribution < -0.4 is 0 Å². The molecule has 1 fully saturated rings. The molecule has 2 nitrogen and oxygen atoms in total. The van der Waals surface area contributed by atoms with E-state index in [1.807, 2.05) is 0 Å². The van der Waals surface area contributed by atoms with E-state index in [4.69, 9.17) is 9.47 Å². The summed E-state index contributed by atoms with van der Waals surface area (Å²) < 4.78 is 25.0. The Kier molecular flexibility index (Phi) is 4.95. The molecule has 0 bridgehead atoms. The number of hydrogen-bond donors (Lipinski definition) is 0. The first kappa shape index (κ1) is 13.0. The first-order chi connectivity index (χ1) is 8.25. The monoisotopic (exact) mass is 302 g/mol. The third-order valence-electron chi connectivity index (χ3n) is 2.82. The summed E-state index contributed by atoms with van der Waals surface area (Å²) in [5.41, 5.74) is 0.931. The fourth-order valence-corrected chi connectivity index (χ4v) is 2.32. The molecule has 0 saturated carbocycles. The molecule has 1 aromatic carbocycles. The highest BCUT2D eigenvalue weighted by molar-refractivity contribution is 9.10. The molecule has 1 aliphatic rings. The lowest BCUT2D eigenvalue weighted by molar-refractivity contribution is -0.161. The van der Waals surface area contributed by atoms with Gasteiger partial charge in [0.05, 0.1) is 6.61 Å². The van der Waals surface area contributed by atoms with E-state index < -0.39 is 0 Å². The van der Waals surface area contributed by atoms with Crippen LogP contribution in [0.1, 0.15) is 24.8 Å². The van der Waals surface area contributed by atoms with E-state index >= 15 is 0 Å². The number of rotatable bonds is 4. The fraction of sp³-hybridized carbons (Fsp3) is 0.538. The maximum absolute atomic E-state index is 13.0. The van der Waals surface area contributed by atoms with Crippen molar-refractivity contribution in [2.24, 2.45) is 0 Å². The number of halogens is 2. The van der Waals surface area contributed by atoms with Gasteiger partial charge < -0.3 is 9.47 Å². The van der Waals surface area contributed by atoms with Crippen LogP contribution in [0.25, 0.3) is 0 Å². The summed E-state index contributed by atoms with van der Waals surface area (Å²) in [7, 11) is 0. The standard InChI is InChI=1S/C13H16BrFO2/c14-12-5-4-11(15)9-10(12)6-8-17-13-3-1-2-7-16-13/h4-5,9,13H,1-3,6-8H2. The SMILES string of the molecule is Fc1ccc(Br)c(CCOC2CCCCO2)c1. The number of ether oxygens (including phenoxy) is 2. The summed E-state index contributed by atoms with van der Waals surface area (Å²) in [5, 5.41) is 0. The summed E-state index contributed by atoms with van der Waals surface area (Å²) in [5.74, 6) is -0.211. The van der Waals surface area contributed by atoms with E-state index in [-0.39, 0.29) is 12.1 Å². The molecule has 94 valence electrons. The normalized spacial score (nSPS) is 20.5. The molecule has 0 aliphatic carbocycles. The molecule has 0 spiro atoms. The second kappa shape index (κ2) is 6.47. The molecule has 1 unspecified atom stereocenters. The van der Waals surface area contributed by atoms with Crippen molar-refractivity contribution < 1.29 is 13.9 Å². The maximum atomic E-state index is 13.0. The van der Waals surface area contributed by atoms with E-state index in [1.165, 1.54) is 12.1 Å². The topological polar surface area (TPSA) is 18.5 Å². The molecule has 1 aromatic rings. The molecule has 1 aliphatic heterocycles. The maximum Gasteiger partial charge on any atom is 0.157 e. The first-order valence-corrected chi connectivity index (χ1v) is 6.72. The van der Waals surface area contributed by atoms with Gasteiger partial charge in [-0.15, -0.1) is 0 Å². The third-order valence-corrected chi connectivity index (χ3v) is 3.59. The highest BCUT2D eigenvalue weighted by Gasteiger charge is 2.13. The highest BCUT2D eigenvalue weighted by atomic mass is 79.9. The molecule has 0 amide bonds. The van der Waals surface area contributed by atoms with E-state index in [0.29, 0.717) is 13.0 Å². The number of benzene rings is 1. The lowest BCUT2D eigenvalue weighted by Gasteiger charge is -2.22. The molecule has 1 atom stereocenters. The predicted octanol–water partition coefficient (Wildman–Crippen LogP) is 3.67. The van der Waals surface area contributed by atoms with Crippen molar-refractivity contribution in [3.05, 3.63) is 34.1 Å². The lowest BCUT2D eigenvalue weighted by Crippen LogP contribution is -2.23. The van der Waals surface area contributed by atoms with Gasteiger partial charge in [0.1, 0.15) is 5.82 Å². The van der Waals surface area contributed by atoms with E-state index in [9.17, 15) is 4.39 Å². The van der Waals surface area contributed by atoms with E-state index in [1.54, 1.807) is 6.07 Å². The minimum absolute atomic E-state index is 0.0731. The van der Waals surface area contributed by atoms with Gasteiger partial charge in [-0.2, -0.15) is 0 Å². The van der Waals surface area contributed by atoms with Crippen LogP contribution in [0.3, 0.4) is 0 Å². The van der Waals surface area contributed by atoms with Gasteiger partial charge in [-0.1, -0.05) is 15.9 Å². The van der Waals surface area contributed by atoms with Gasteiger partial charge in [0.25, 0.3) is 0 Å². The van der Waals surface area contributed by atoms with Crippen LogP contribution >= 0.6 is 15.9 Å². The van der Waals surface area contributed by atoms with Crippen LogP contribution in [0.2, 0.25) is 0 Å². The smallest absolute Gasteiger partial charge is 0.157 e. The van der Waals surface area contributed by atoms with Crippen LogP contribution in [0.4, 0.5) is 4.39 Å². The van der Waals surface area contributed by atoms with Gasteiger partial charge in [0.2, 0.25) is 0 Å². The van der Waals surface area contributed by atoms with Crippen molar-refractivity contribution in [1.29, 1.82) is 0 Å². The number of hydrogen-bond acceptors (Lipinski definition) is 2. The Labute approximate surface area is 109 Å². The van der Waals surface area contributed by atoms with Gasteiger partial charge in [-0.25, -0.2) is 4.39 Å². The molecule has 0 radical (unpaired) electrons. The van der Waals surface area contributed by atoms with Crippen molar-refractivity contribution in [2.75, 3.05) is 13.2 Å². The quantitative estimate of drug-likeness (QED) is 0.845. The van der Waals surface area contributed by atoms with E-state index in [2.05, 4.69) is 15.9 Å². The predicted molar refractivity (Wildman–Crippen MR) is 67.3 cm³/mol. The van der Waals surface area contributed by atoms with Gasteiger partial charge >= 0.3 is 0 Å². The van der Waals surface area contributed by atoms with Crippen molar-refractivity contribution in [2.45, 2.75) is 32.0 Å². The fourth-order valence-electron chi connectivity index (χ4n) is 1.88. The zero-order valence-corrected chi connectivity index (χ0v) is 11.2. The molecule has 17 heavy (non-hydrogen) atoms. The van der Waals surface area contributed by atoms with Crippen molar-refractivity contribution in [3.63, 3.8) is 0 Å². The summed E-state index contributed by atoms with van der Waals surface area (Å²) in [6, 6.07) is 4.70. The van der Waals surface area contributed by atoms with Crippen LogP contribution in [0, 0.1) is 5.82 Å². The van der Waals surface area contributed by atoms with Gasteiger partial charge in [-0.3, -0.25) is 0 Å². The Balaban J connectivity index is 1.79.